The number of ether oxygens (including phenoxy) is 2. The lowest BCUT2D eigenvalue weighted by Crippen LogP contribution is -2.60. The van der Waals surface area contributed by atoms with Gasteiger partial charge >= 0.3 is 36.1 Å². The SMILES string of the molecule is CC(C)C(C)(OC(=O)/C=C/C(=O)OC(C)(C(C)C)C(F)(F)C(F)(F)F)C(F)(F)C(F)(F)F. The average molecular weight is 492 g/mol. The van der Waals surface area contributed by atoms with E-state index in [1.165, 1.54) is 0 Å². The summed E-state index contributed by atoms with van der Waals surface area (Å²) in [6, 6.07) is 0. The number of alkyl halides is 10. The Balaban J connectivity index is 5.76. The van der Waals surface area contributed by atoms with Crippen molar-refractivity contribution in [1.29, 1.82) is 0 Å². The number of carbonyl (C=O) groups excluding carboxylic acids is 2. The van der Waals surface area contributed by atoms with Crippen LogP contribution in [0.5, 0.6) is 0 Å². The van der Waals surface area contributed by atoms with Gasteiger partial charge in [0, 0.05) is 12.2 Å². The van der Waals surface area contributed by atoms with E-state index in [1.54, 1.807) is 0 Å². The number of rotatable bonds is 8. The van der Waals surface area contributed by atoms with Gasteiger partial charge in [-0.1, -0.05) is 27.7 Å². The Bertz CT molecular complexity index is 664. The van der Waals surface area contributed by atoms with Crippen LogP contribution in [0.2, 0.25) is 0 Å². The van der Waals surface area contributed by atoms with Crippen LogP contribution in [0.25, 0.3) is 0 Å². The molecule has 0 rings (SSSR count). The Morgan fingerprint density at radius 1 is 0.594 bits per heavy atom. The molecule has 32 heavy (non-hydrogen) atoms. The summed E-state index contributed by atoms with van der Waals surface area (Å²) in [5.41, 5.74) is -6.88. The number of hydrogen-bond donors (Lipinski definition) is 0. The van der Waals surface area contributed by atoms with Crippen LogP contribution in [0.3, 0.4) is 0 Å². The summed E-state index contributed by atoms with van der Waals surface area (Å²) in [6.07, 6.45) is -12.3. The van der Waals surface area contributed by atoms with Crippen molar-refractivity contribution in [1.82, 2.24) is 0 Å². The van der Waals surface area contributed by atoms with Crippen LogP contribution < -0.4 is 0 Å². The summed E-state index contributed by atoms with van der Waals surface area (Å²) in [6.45, 7) is 4.12. The maximum absolute atomic E-state index is 13.8. The second-order valence-corrected chi connectivity index (χ2v) is 7.84. The molecular formula is C18H22F10O4. The number of hydrogen-bond acceptors (Lipinski definition) is 4. The molecular weight excluding hydrogens is 470 g/mol. The highest BCUT2D eigenvalue weighted by Gasteiger charge is 2.72. The minimum absolute atomic E-state index is 0.0259. The molecule has 2 unspecified atom stereocenters. The maximum Gasteiger partial charge on any atom is 0.457 e. The van der Waals surface area contributed by atoms with Crippen LogP contribution in [-0.2, 0) is 19.1 Å². The van der Waals surface area contributed by atoms with Gasteiger partial charge in [0.1, 0.15) is 0 Å². The van der Waals surface area contributed by atoms with Gasteiger partial charge in [-0.25, -0.2) is 9.59 Å². The second kappa shape index (κ2) is 9.08. The molecule has 0 aromatic heterocycles. The number of carbonyl (C=O) groups is 2. The second-order valence-electron chi connectivity index (χ2n) is 7.84. The Labute approximate surface area is 176 Å². The number of halogens is 10. The van der Waals surface area contributed by atoms with Crippen molar-refractivity contribution in [2.24, 2.45) is 11.8 Å². The van der Waals surface area contributed by atoms with Gasteiger partial charge in [0.25, 0.3) is 0 Å². The lowest BCUT2D eigenvalue weighted by Gasteiger charge is -2.40. The largest absolute Gasteiger partial charge is 0.457 e. The normalized spacial score (nSPS) is 17.9. The smallest absolute Gasteiger partial charge is 0.449 e. The highest BCUT2D eigenvalue weighted by atomic mass is 19.4. The minimum atomic E-state index is -6.11. The highest BCUT2D eigenvalue weighted by Crippen LogP contribution is 2.49. The molecule has 0 aliphatic heterocycles. The molecule has 0 heterocycles. The molecule has 0 aromatic rings. The Morgan fingerprint density at radius 3 is 0.969 bits per heavy atom. The van der Waals surface area contributed by atoms with Gasteiger partial charge in [-0.2, -0.15) is 43.9 Å². The van der Waals surface area contributed by atoms with E-state index in [0.717, 1.165) is 27.7 Å². The van der Waals surface area contributed by atoms with E-state index in [9.17, 15) is 53.5 Å². The Hall–Kier alpha value is -2.02. The van der Waals surface area contributed by atoms with Gasteiger partial charge < -0.3 is 9.47 Å². The summed E-state index contributed by atoms with van der Waals surface area (Å²) in [7, 11) is 0. The van der Waals surface area contributed by atoms with Crippen LogP contribution in [0.1, 0.15) is 41.5 Å². The first kappa shape index (κ1) is 30.0. The zero-order chi connectivity index (χ0) is 26.1. The van der Waals surface area contributed by atoms with Crippen molar-refractivity contribution < 1.29 is 63.0 Å². The van der Waals surface area contributed by atoms with E-state index in [-0.39, 0.29) is 26.0 Å². The molecule has 0 fully saturated rings. The van der Waals surface area contributed by atoms with Crippen molar-refractivity contribution in [2.75, 3.05) is 0 Å². The summed E-state index contributed by atoms with van der Waals surface area (Å²) in [5.74, 6) is -18.1. The van der Waals surface area contributed by atoms with Crippen LogP contribution in [0.15, 0.2) is 12.2 Å². The Morgan fingerprint density at radius 2 is 0.812 bits per heavy atom. The molecule has 14 heteroatoms. The molecule has 0 N–H and O–H groups in total. The molecule has 2 atom stereocenters. The quantitative estimate of drug-likeness (QED) is 0.242. The van der Waals surface area contributed by atoms with Crippen LogP contribution >= 0.6 is 0 Å². The van der Waals surface area contributed by atoms with E-state index in [2.05, 4.69) is 9.47 Å². The van der Waals surface area contributed by atoms with Gasteiger partial charge in [0.15, 0.2) is 11.2 Å². The number of esters is 2. The lowest BCUT2D eigenvalue weighted by molar-refractivity contribution is -0.347. The standard InChI is InChI=1S/C18H22F10O4/c1-9(2)13(5,15(19,20)17(23,24)25)31-11(29)7-8-12(30)32-14(6,10(3)4)16(21,22)18(26,27)28/h7-10H,1-6H3/b8-7+. The third kappa shape index (κ3) is 5.48. The summed E-state index contributed by atoms with van der Waals surface area (Å²) in [4.78, 5) is 23.5. The van der Waals surface area contributed by atoms with E-state index >= 15 is 0 Å². The van der Waals surface area contributed by atoms with Crippen molar-refractivity contribution in [3.05, 3.63) is 12.2 Å². The highest BCUT2D eigenvalue weighted by molar-refractivity contribution is 5.92. The molecule has 0 bridgehead atoms. The van der Waals surface area contributed by atoms with E-state index in [1.807, 2.05) is 0 Å². The van der Waals surface area contributed by atoms with Crippen molar-refractivity contribution >= 4 is 11.9 Å². The predicted molar refractivity (Wildman–Crippen MR) is 89.8 cm³/mol. The van der Waals surface area contributed by atoms with Gasteiger partial charge in [-0.3, -0.25) is 0 Å². The fraction of sp³-hybridized carbons (Fsp3) is 0.778. The lowest BCUT2D eigenvalue weighted by atomic mass is 9.85. The molecule has 0 aromatic carbocycles. The zero-order valence-corrected chi connectivity index (χ0v) is 17.7. The maximum atomic E-state index is 13.8. The Kier molecular flexibility index (Phi) is 8.51. The summed E-state index contributed by atoms with van der Waals surface area (Å²) < 4.78 is 140. The first-order valence-corrected chi connectivity index (χ1v) is 8.91. The molecule has 0 aliphatic carbocycles. The molecule has 0 radical (unpaired) electrons. The molecule has 0 aliphatic rings. The first-order chi connectivity index (χ1) is 13.9. The molecule has 0 spiro atoms. The van der Waals surface area contributed by atoms with Gasteiger partial charge in [0.2, 0.25) is 0 Å². The van der Waals surface area contributed by atoms with Crippen molar-refractivity contribution in [3.8, 4) is 0 Å². The van der Waals surface area contributed by atoms with Crippen LogP contribution in [0.4, 0.5) is 43.9 Å². The third-order valence-corrected chi connectivity index (χ3v) is 5.14. The molecule has 0 saturated carbocycles. The van der Waals surface area contributed by atoms with E-state index in [4.69, 9.17) is 0 Å². The topological polar surface area (TPSA) is 52.6 Å². The zero-order valence-electron chi connectivity index (χ0n) is 17.7. The molecule has 188 valence electrons. The van der Waals surface area contributed by atoms with E-state index in [0.29, 0.717) is 0 Å². The van der Waals surface area contributed by atoms with Gasteiger partial charge in [-0.05, 0) is 25.7 Å². The van der Waals surface area contributed by atoms with Crippen LogP contribution in [0, 0.1) is 11.8 Å². The van der Waals surface area contributed by atoms with Gasteiger partial charge in [0.05, 0.1) is 0 Å². The fourth-order valence-electron chi connectivity index (χ4n) is 2.27. The first-order valence-electron chi connectivity index (χ1n) is 8.91. The third-order valence-electron chi connectivity index (χ3n) is 5.14. The van der Waals surface area contributed by atoms with Crippen molar-refractivity contribution in [2.45, 2.75) is 76.9 Å². The molecule has 0 saturated heterocycles. The summed E-state index contributed by atoms with van der Waals surface area (Å²) in [5, 5.41) is 0. The predicted octanol–water partition coefficient (Wildman–Crippen LogP) is 5.85. The van der Waals surface area contributed by atoms with Gasteiger partial charge in [-0.15, -0.1) is 0 Å². The van der Waals surface area contributed by atoms with E-state index < -0.39 is 59.2 Å². The molecule has 0 amide bonds. The average Bonchev–Trinajstić information content (AvgIpc) is 2.57. The summed E-state index contributed by atoms with van der Waals surface area (Å²) >= 11 is 0. The monoisotopic (exact) mass is 492 g/mol. The fourth-order valence-corrected chi connectivity index (χ4v) is 2.27. The molecule has 4 nitrogen and oxygen atoms in total. The van der Waals surface area contributed by atoms with Crippen LogP contribution in [-0.4, -0.2) is 47.3 Å². The minimum Gasteiger partial charge on any atom is -0.449 e. The van der Waals surface area contributed by atoms with Crippen molar-refractivity contribution in [3.63, 3.8) is 0 Å².